The quantitative estimate of drug-likeness (QED) is 0.796. The van der Waals surface area contributed by atoms with Gasteiger partial charge in [0.25, 0.3) is 0 Å². The standard InChI is InChI=1S/C15H16F3NO4/c1-9(19-12(14(21)22-2)6-7-13(19)20)10-4-3-5-11(8-10)23-15(16,17)18/h3-5,8-9,12H,6-7H2,1-2H3. The largest absolute Gasteiger partial charge is 0.573 e. The molecule has 0 saturated carbocycles. The number of esters is 1. The molecule has 0 aromatic heterocycles. The van der Waals surface area contributed by atoms with Crippen LogP contribution in [0.3, 0.4) is 0 Å². The van der Waals surface area contributed by atoms with Crippen LogP contribution in [0.15, 0.2) is 24.3 Å². The fourth-order valence-corrected chi connectivity index (χ4v) is 2.69. The topological polar surface area (TPSA) is 55.8 Å². The number of nitrogens with zero attached hydrogens (tertiary/aromatic N) is 1. The van der Waals surface area contributed by atoms with Crippen molar-refractivity contribution in [1.29, 1.82) is 0 Å². The summed E-state index contributed by atoms with van der Waals surface area (Å²) in [5.41, 5.74) is 0.441. The average Bonchev–Trinajstić information content (AvgIpc) is 2.86. The summed E-state index contributed by atoms with van der Waals surface area (Å²) in [6.07, 6.45) is -4.27. The van der Waals surface area contributed by atoms with Gasteiger partial charge in [-0.2, -0.15) is 0 Å². The summed E-state index contributed by atoms with van der Waals surface area (Å²) in [5.74, 6) is -1.15. The number of alkyl halides is 3. The van der Waals surface area contributed by atoms with Crippen molar-refractivity contribution < 1.29 is 32.2 Å². The van der Waals surface area contributed by atoms with E-state index in [4.69, 9.17) is 0 Å². The van der Waals surface area contributed by atoms with Crippen molar-refractivity contribution in [3.8, 4) is 5.75 Å². The number of carbonyl (C=O) groups is 2. The monoisotopic (exact) mass is 331 g/mol. The maximum absolute atomic E-state index is 12.3. The molecule has 2 atom stereocenters. The molecule has 1 fully saturated rings. The summed E-state index contributed by atoms with van der Waals surface area (Å²) < 4.78 is 45.5. The lowest BCUT2D eigenvalue weighted by molar-refractivity contribution is -0.274. The van der Waals surface area contributed by atoms with Gasteiger partial charge in [0.05, 0.1) is 13.2 Å². The van der Waals surface area contributed by atoms with E-state index in [9.17, 15) is 22.8 Å². The van der Waals surface area contributed by atoms with Crippen LogP contribution < -0.4 is 4.74 Å². The molecule has 0 aliphatic carbocycles. The molecule has 2 rings (SSSR count). The van der Waals surface area contributed by atoms with E-state index in [0.717, 1.165) is 0 Å². The van der Waals surface area contributed by atoms with E-state index in [1.165, 1.54) is 30.2 Å². The first kappa shape index (κ1) is 17.1. The average molecular weight is 331 g/mol. The molecule has 1 amide bonds. The summed E-state index contributed by atoms with van der Waals surface area (Å²) >= 11 is 0. The number of amides is 1. The van der Waals surface area contributed by atoms with Crippen LogP contribution in [0.5, 0.6) is 5.75 Å². The Hall–Kier alpha value is -2.25. The predicted molar refractivity (Wildman–Crippen MR) is 73.4 cm³/mol. The van der Waals surface area contributed by atoms with E-state index in [1.807, 2.05) is 0 Å². The zero-order valence-corrected chi connectivity index (χ0v) is 12.6. The molecule has 23 heavy (non-hydrogen) atoms. The van der Waals surface area contributed by atoms with Gasteiger partial charge in [-0.3, -0.25) is 4.79 Å². The predicted octanol–water partition coefficient (Wildman–Crippen LogP) is 2.81. The van der Waals surface area contributed by atoms with Crippen LogP contribution in [-0.2, 0) is 14.3 Å². The molecular formula is C15H16F3NO4. The fraction of sp³-hybridized carbons (Fsp3) is 0.467. The maximum Gasteiger partial charge on any atom is 0.573 e. The molecule has 126 valence electrons. The Morgan fingerprint density at radius 1 is 1.39 bits per heavy atom. The number of benzene rings is 1. The number of carbonyl (C=O) groups excluding carboxylic acids is 2. The molecule has 1 aliphatic rings. The molecule has 8 heteroatoms. The molecule has 0 N–H and O–H groups in total. The van der Waals surface area contributed by atoms with Crippen molar-refractivity contribution in [3.63, 3.8) is 0 Å². The van der Waals surface area contributed by atoms with E-state index in [-0.39, 0.29) is 18.1 Å². The van der Waals surface area contributed by atoms with Crippen LogP contribution in [0.4, 0.5) is 13.2 Å². The Bertz CT molecular complexity index is 603. The van der Waals surface area contributed by atoms with Crippen LogP contribution in [0.25, 0.3) is 0 Å². The molecule has 0 bridgehead atoms. The van der Waals surface area contributed by atoms with Gasteiger partial charge in [0.2, 0.25) is 5.91 Å². The van der Waals surface area contributed by atoms with Gasteiger partial charge in [0.1, 0.15) is 11.8 Å². The minimum absolute atomic E-state index is 0.197. The van der Waals surface area contributed by atoms with Crippen LogP contribution in [-0.4, -0.2) is 36.3 Å². The number of halogens is 3. The number of methoxy groups -OCH3 is 1. The van der Waals surface area contributed by atoms with Crippen molar-refractivity contribution in [3.05, 3.63) is 29.8 Å². The summed E-state index contributed by atoms with van der Waals surface area (Å²) in [7, 11) is 1.23. The molecule has 1 aromatic carbocycles. The van der Waals surface area contributed by atoms with Crippen molar-refractivity contribution in [2.24, 2.45) is 0 Å². The summed E-state index contributed by atoms with van der Waals surface area (Å²) in [6, 6.07) is 4.06. The lowest BCUT2D eigenvalue weighted by Crippen LogP contribution is -2.40. The second-order valence-corrected chi connectivity index (χ2v) is 5.17. The van der Waals surface area contributed by atoms with Crippen molar-refractivity contribution in [2.45, 2.75) is 38.2 Å². The minimum Gasteiger partial charge on any atom is -0.467 e. The maximum atomic E-state index is 12.3. The van der Waals surface area contributed by atoms with Gasteiger partial charge >= 0.3 is 12.3 Å². The second-order valence-electron chi connectivity index (χ2n) is 5.17. The molecule has 0 spiro atoms. The first-order valence-electron chi connectivity index (χ1n) is 6.97. The minimum atomic E-state index is -4.79. The third kappa shape index (κ3) is 3.94. The summed E-state index contributed by atoms with van der Waals surface area (Å²) in [4.78, 5) is 25.2. The van der Waals surface area contributed by atoms with Crippen molar-refractivity contribution >= 4 is 11.9 Å². The summed E-state index contributed by atoms with van der Waals surface area (Å²) in [5, 5.41) is 0. The first-order chi connectivity index (χ1) is 10.7. The lowest BCUT2D eigenvalue weighted by atomic mass is 10.1. The third-order valence-corrected chi connectivity index (χ3v) is 3.72. The number of hydrogen-bond donors (Lipinski definition) is 0. The Morgan fingerprint density at radius 2 is 2.09 bits per heavy atom. The first-order valence-corrected chi connectivity index (χ1v) is 6.97. The smallest absolute Gasteiger partial charge is 0.467 e. The molecule has 0 radical (unpaired) electrons. The van der Waals surface area contributed by atoms with Crippen LogP contribution in [0, 0.1) is 0 Å². The van der Waals surface area contributed by atoms with E-state index < -0.39 is 24.4 Å². The zero-order chi connectivity index (χ0) is 17.2. The van der Waals surface area contributed by atoms with E-state index >= 15 is 0 Å². The second kappa shape index (κ2) is 6.47. The molecule has 1 saturated heterocycles. The summed E-state index contributed by atoms with van der Waals surface area (Å²) in [6.45, 7) is 1.64. The SMILES string of the molecule is COC(=O)C1CCC(=O)N1C(C)c1cccc(OC(F)(F)F)c1. The van der Waals surface area contributed by atoms with E-state index in [1.54, 1.807) is 13.0 Å². The molecule has 5 nitrogen and oxygen atoms in total. The molecule has 1 aliphatic heterocycles. The van der Waals surface area contributed by atoms with E-state index in [2.05, 4.69) is 9.47 Å². The number of ether oxygens (including phenoxy) is 2. The van der Waals surface area contributed by atoms with Gasteiger partial charge in [-0.15, -0.1) is 13.2 Å². The third-order valence-electron chi connectivity index (χ3n) is 3.72. The highest BCUT2D eigenvalue weighted by Gasteiger charge is 2.40. The van der Waals surface area contributed by atoms with E-state index in [0.29, 0.717) is 12.0 Å². The highest BCUT2D eigenvalue weighted by atomic mass is 19.4. The fourth-order valence-electron chi connectivity index (χ4n) is 2.69. The van der Waals surface area contributed by atoms with Crippen molar-refractivity contribution in [1.82, 2.24) is 4.90 Å². The molecular weight excluding hydrogens is 315 g/mol. The highest BCUT2D eigenvalue weighted by Crippen LogP contribution is 2.33. The van der Waals surface area contributed by atoms with Gasteiger partial charge in [-0.25, -0.2) is 4.79 Å². The number of hydrogen-bond acceptors (Lipinski definition) is 4. The van der Waals surface area contributed by atoms with Crippen LogP contribution in [0.1, 0.15) is 31.4 Å². The Morgan fingerprint density at radius 3 is 2.70 bits per heavy atom. The van der Waals surface area contributed by atoms with Crippen molar-refractivity contribution in [2.75, 3.05) is 7.11 Å². The molecule has 1 aromatic rings. The normalized spacial score (nSPS) is 19.6. The van der Waals surface area contributed by atoms with Gasteiger partial charge in [0, 0.05) is 6.42 Å². The van der Waals surface area contributed by atoms with Gasteiger partial charge in [-0.1, -0.05) is 12.1 Å². The van der Waals surface area contributed by atoms with Crippen LogP contribution >= 0.6 is 0 Å². The Kier molecular flexibility index (Phi) is 4.82. The number of rotatable bonds is 4. The van der Waals surface area contributed by atoms with Crippen LogP contribution in [0.2, 0.25) is 0 Å². The highest BCUT2D eigenvalue weighted by molar-refractivity contribution is 5.88. The zero-order valence-electron chi connectivity index (χ0n) is 12.6. The van der Waals surface area contributed by atoms with Gasteiger partial charge < -0.3 is 14.4 Å². The Labute approximate surface area is 131 Å². The number of likely N-dealkylation sites (tertiary alicyclic amines) is 1. The lowest BCUT2D eigenvalue weighted by Gasteiger charge is -2.30. The molecule has 1 heterocycles. The van der Waals surface area contributed by atoms with Gasteiger partial charge in [-0.05, 0) is 31.0 Å². The Balaban J connectivity index is 2.25. The van der Waals surface area contributed by atoms with Gasteiger partial charge in [0.15, 0.2) is 0 Å². The molecule has 2 unspecified atom stereocenters.